The SMILES string of the molecule is CC(C)(C)c1ccc(C2Nc3ccccc3S2)cc1. The van der Waals surface area contributed by atoms with Crippen LogP contribution in [0.5, 0.6) is 0 Å². The summed E-state index contributed by atoms with van der Waals surface area (Å²) in [5.74, 6) is 0. The van der Waals surface area contributed by atoms with Gasteiger partial charge in [0.15, 0.2) is 0 Å². The van der Waals surface area contributed by atoms with E-state index in [4.69, 9.17) is 0 Å². The highest BCUT2D eigenvalue weighted by atomic mass is 32.2. The monoisotopic (exact) mass is 269 g/mol. The third-order valence-electron chi connectivity index (χ3n) is 3.50. The summed E-state index contributed by atoms with van der Waals surface area (Å²) in [5, 5.41) is 3.91. The molecule has 1 aliphatic heterocycles. The zero-order valence-corrected chi connectivity index (χ0v) is 12.4. The minimum Gasteiger partial charge on any atom is -0.368 e. The second-order valence-corrected chi connectivity index (χ2v) is 7.16. The quantitative estimate of drug-likeness (QED) is 0.763. The van der Waals surface area contributed by atoms with Gasteiger partial charge in [0.25, 0.3) is 0 Å². The number of hydrogen-bond donors (Lipinski definition) is 1. The molecule has 2 aromatic rings. The molecule has 19 heavy (non-hydrogen) atoms. The van der Waals surface area contributed by atoms with Crippen molar-refractivity contribution in [1.82, 2.24) is 0 Å². The predicted molar refractivity (Wildman–Crippen MR) is 83.8 cm³/mol. The van der Waals surface area contributed by atoms with Crippen LogP contribution in [0.1, 0.15) is 37.3 Å². The van der Waals surface area contributed by atoms with Gasteiger partial charge in [0, 0.05) is 10.6 Å². The highest BCUT2D eigenvalue weighted by Crippen LogP contribution is 2.46. The van der Waals surface area contributed by atoms with E-state index in [1.54, 1.807) is 0 Å². The van der Waals surface area contributed by atoms with Crippen molar-refractivity contribution in [2.75, 3.05) is 5.32 Å². The average molecular weight is 269 g/mol. The van der Waals surface area contributed by atoms with Crippen molar-refractivity contribution >= 4 is 17.4 Å². The molecule has 2 heteroatoms. The minimum absolute atomic E-state index is 0.220. The Bertz CT molecular complexity index is 556. The van der Waals surface area contributed by atoms with E-state index in [0.717, 1.165) is 0 Å². The van der Waals surface area contributed by atoms with Crippen LogP contribution in [-0.4, -0.2) is 0 Å². The van der Waals surface area contributed by atoms with Crippen LogP contribution in [-0.2, 0) is 5.41 Å². The van der Waals surface area contributed by atoms with E-state index >= 15 is 0 Å². The van der Waals surface area contributed by atoms with Gasteiger partial charge in [0.1, 0.15) is 5.37 Å². The number of hydrogen-bond acceptors (Lipinski definition) is 2. The molecule has 0 saturated heterocycles. The van der Waals surface area contributed by atoms with Crippen molar-refractivity contribution in [1.29, 1.82) is 0 Å². The maximum Gasteiger partial charge on any atom is 0.103 e. The van der Waals surface area contributed by atoms with E-state index < -0.39 is 0 Å². The molecule has 0 spiro atoms. The number of para-hydroxylation sites is 1. The molecule has 0 bridgehead atoms. The molecular weight excluding hydrogens is 250 g/mol. The normalized spacial score (nSPS) is 17.9. The first-order valence-corrected chi connectivity index (χ1v) is 7.55. The Balaban J connectivity index is 1.82. The Hall–Kier alpha value is -1.41. The molecule has 1 atom stereocenters. The van der Waals surface area contributed by atoms with E-state index in [0.29, 0.717) is 5.37 Å². The van der Waals surface area contributed by atoms with Gasteiger partial charge in [-0.2, -0.15) is 0 Å². The predicted octanol–water partition coefficient (Wildman–Crippen LogP) is 5.20. The van der Waals surface area contributed by atoms with Crippen molar-refractivity contribution in [3.8, 4) is 0 Å². The van der Waals surface area contributed by atoms with Gasteiger partial charge in [0.05, 0.1) is 0 Å². The zero-order valence-electron chi connectivity index (χ0n) is 11.6. The molecule has 0 amide bonds. The largest absolute Gasteiger partial charge is 0.368 e. The lowest BCUT2D eigenvalue weighted by molar-refractivity contribution is 0.590. The van der Waals surface area contributed by atoms with E-state index in [9.17, 15) is 0 Å². The summed E-state index contributed by atoms with van der Waals surface area (Å²) in [5.41, 5.74) is 4.20. The molecule has 2 aromatic carbocycles. The molecule has 0 fully saturated rings. The molecule has 1 N–H and O–H groups in total. The molecule has 0 aliphatic carbocycles. The van der Waals surface area contributed by atoms with Gasteiger partial charge in [-0.1, -0.05) is 68.9 Å². The van der Waals surface area contributed by atoms with Crippen molar-refractivity contribution in [2.45, 2.75) is 36.5 Å². The van der Waals surface area contributed by atoms with Crippen LogP contribution in [0.25, 0.3) is 0 Å². The van der Waals surface area contributed by atoms with Crippen LogP contribution in [0, 0.1) is 0 Å². The molecule has 0 aromatic heterocycles. The molecule has 0 radical (unpaired) electrons. The van der Waals surface area contributed by atoms with Crippen molar-refractivity contribution in [3.05, 3.63) is 59.7 Å². The topological polar surface area (TPSA) is 12.0 Å². The minimum atomic E-state index is 0.220. The second-order valence-electron chi connectivity index (χ2n) is 6.01. The molecule has 3 rings (SSSR count). The van der Waals surface area contributed by atoms with Gasteiger partial charge in [-0.05, 0) is 28.7 Å². The lowest BCUT2D eigenvalue weighted by Gasteiger charge is -2.20. The van der Waals surface area contributed by atoms with Crippen LogP contribution >= 0.6 is 11.8 Å². The third-order valence-corrected chi connectivity index (χ3v) is 4.73. The number of rotatable bonds is 1. The smallest absolute Gasteiger partial charge is 0.103 e. The highest BCUT2D eigenvalue weighted by Gasteiger charge is 2.22. The summed E-state index contributed by atoms with van der Waals surface area (Å²) in [6, 6.07) is 17.5. The summed E-state index contributed by atoms with van der Waals surface area (Å²) >= 11 is 1.89. The standard InChI is InChI=1S/C17H19NS/c1-17(2,3)13-10-8-12(9-11-13)16-18-14-6-4-5-7-15(14)19-16/h4-11,16,18H,1-3H3. The first-order chi connectivity index (χ1) is 9.04. The Morgan fingerprint density at radius 3 is 2.26 bits per heavy atom. The van der Waals surface area contributed by atoms with Gasteiger partial charge in [0.2, 0.25) is 0 Å². The van der Waals surface area contributed by atoms with Crippen LogP contribution < -0.4 is 5.32 Å². The number of thioether (sulfide) groups is 1. The molecule has 1 aliphatic rings. The fourth-order valence-corrected chi connectivity index (χ4v) is 3.44. The van der Waals surface area contributed by atoms with Crippen LogP contribution in [0.2, 0.25) is 0 Å². The first kappa shape index (κ1) is 12.6. The van der Waals surface area contributed by atoms with E-state index in [1.165, 1.54) is 21.7 Å². The third kappa shape index (κ3) is 2.50. The Morgan fingerprint density at radius 1 is 0.947 bits per heavy atom. The fraction of sp³-hybridized carbons (Fsp3) is 0.294. The molecule has 1 nitrogen and oxygen atoms in total. The van der Waals surface area contributed by atoms with Gasteiger partial charge in [-0.25, -0.2) is 0 Å². The Kier molecular flexibility index (Phi) is 3.06. The number of nitrogens with one attached hydrogen (secondary N) is 1. The number of benzene rings is 2. The number of fused-ring (bicyclic) bond motifs is 1. The van der Waals surface area contributed by atoms with Crippen molar-refractivity contribution in [2.24, 2.45) is 0 Å². The maximum atomic E-state index is 3.57. The van der Waals surface area contributed by atoms with Crippen LogP contribution in [0.15, 0.2) is 53.4 Å². The summed E-state index contributed by atoms with van der Waals surface area (Å²) in [4.78, 5) is 1.34. The summed E-state index contributed by atoms with van der Waals surface area (Å²) < 4.78 is 0. The molecule has 1 heterocycles. The van der Waals surface area contributed by atoms with E-state index in [2.05, 4.69) is 74.6 Å². The van der Waals surface area contributed by atoms with Crippen molar-refractivity contribution < 1.29 is 0 Å². The maximum absolute atomic E-state index is 3.57. The molecule has 0 saturated carbocycles. The fourth-order valence-electron chi connectivity index (χ4n) is 2.30. The van der Waals surface area contributed by atoms with Gasteiger partial charge in [-0.15, -0.1) is 0 Å². The average Bonchev–Trinajstić information content (AvgIpc) is 2.81. The Labute approximate surface area is 119 Å². The van der Waals surface area contributed by atoms with Crippen LogP contribution in [0.3, 0.4) is 0 Å². The van der Waals surface area contributed by atoms with Gasteiger partial charge >= 0.3 is 0 Å². The number of anilines is 1. The van der Waals surface area contributed by atoms with E-state index in [1.807, 2.05) is 11.8 Å². The van der Waals surface area contributed by atoms with Crippen LogP contribution in [0.4, 0.5) is 5.69 Å². The molecule has 1 unspecified atom stereocenters. The zero-order chi connectivity index (χ0) is 13.5. The van der Waals surface area contributed by atoms with Gasteiger partial charge in [-0.3, -0.25) is 0 Å². The van der Waals surface area contributed by atoms with E-state index in [-0.39, 0.29) is 5.41 Å². The molecular formula is C17H19NS. The highest BCUT2D eigenvalue weighted by molar-refractivity contribution is 8.00. The lowest BCUT2D eigenvalue weighted by Crippen LogP contribution is -2.11. The Morgan fingerprint density at radius 2 is 1.63 bits per heavy atom. The summed E-state index contributed by atoms with van der Waals surface area (Å²) in [7, 11) is 0. The second kappa shape index (κ2) is 4.61. The lowest BCUT2D eigenvalue weighted by atomic mass is 9.87. The van der Waals surface area contributed by atoms with Gasteiger partial charge < -0.3 is 5.32 Å². The summed E-state index contributed by atoms with van der Waals surface area (Å²) in [6.45, 7) is 6.75. The van der Waals surface area contributed by atoms with Crippen molar-refractivity contribution in [3.63, 3.8) is 0 Å². The first-order valence-electron chi connectivity index (χ1n) is 6.67. The summed E-state index contributed by atoms with van der Waals surface area (Å²) in [6.07, 6.45) is 0. The molecule has 98 valence electrons.